The lowest BCUT2D eigenvalue weighted by atomic mass is 10.2. The smallest absolute Gasteiger partial charge is 0.360 e. The van der Waals surface area contributed by atoms with Crippen molar-refractivity contribution in [3.63, 3.8) is 0 Å². The van der Waals surface area contributed by atoms with E-state index in [-0.39, 0.29) is 29.0 Å². The first-order valence-electron chi connectivity index (χ1n) is 6.63. The minimum atomic E-state index is -0.776. The number of benzene rings is 1. The molecule has 2 aromatic rings. The second-order valence-corrected chi connectivity index (χ2v) is 4.90. The van der Waals surface area contributed by atoms with Crippen molar-refractivity contribution in [2.24, 2.45) is 0 Å². The van der Waals surface area contributed by atoms with Crippen molar-refractivity contribution >= 4 is 28.9 Å². The number of carbonyl (C=O) groups is 1. The number of imidazole rings is 1. The molecule has 1 aromatic carbocycles. The second-order valence-electron chi connectivity index (χ2n) is 4.54. The Morgan fingerprint density at radius 2 is 2.00 bits per heavy atom. The summed E-state index contributed by atoms with van der Waals surface area (Å²) in [6, 6.07) is 3.09. The van der Waals surface area contributed by atoms with Gasteiger partial charge < -0.3 is 4.74 Å². The topological polar surface area (TPSA) is 130 Å². The van der Waals surface area contributed by atoms with Gasteiger partial charge in [0.25, 0.3) is 11.4 Å². The van der Waals surface area contributed by atoms with Crippen LogP contribution in [0.1, 0.15) is 23.2 Å². The quantitative estimate of drug-likeness (QED) is 0.458. The van der Waals surface area contributed by atoms with Gasteiger partial charge in [0.2, 0.25) is 0 Å². The Labute approximate surface area is 139 Å². The average Bonchev–Trinajstić information content (AvgIpc) is 2.81. The molecule has 1 heterocycles. The van der Waals surface area contributed by atoms with Crippen LogP contribution in [0.2, 0.25) is 5.15 Å². The Hall–Kier alpha value is -3.01. The minimum absolute atomic E-state index is 0.0452. The molecule has 0 amide bonds. The summed E-state index contributed by atoms with van der Waals surface area (Å²) >= 11 is 6.12. The largest absolute Gasteiger partial charge is 0.461 e. The van der Waals surface area contributed by atoms with Crippen LogP contribution in [0.15, 0.2) is 18.2 Å². The number of nitro groups is 2. The fourth-order valence-electron chi connectivity index (χ4n) is 2.08. The molecule has 11 heteroatoms. The van der Waals surface area contributed by atoms with Gasteiger partial charge in [0.15, 0.2) is 5.69 Å². The lowest BCUT2D eigenvalue weighted by Crippen LogP contribution is -2.06. The van der Waals surface area contributed by atoms with Gasteiger partial charge in [-0.25, -0.2) is 9.78 Å². The van der Waals surface area contributed by atoms with Crippen molar-refractivity contribution in [1.82, 2.24) is 9.55 Å². The number of halogens is 1. The molecule has 0 fully saturated rings. The number of nitrogens with zero attached hydrogens (tertiary/aromatic N) is 4. The molecule has 0 aliphatic heterocycles. The lowest BCUT2D eigenvalue weighted by Gasteiger charge is -2.07. The molecule has 0 aliphatic rings. The third-order valence-electron chi connectivity index (χ3n) is 3.07. The van der Waals surface area contributed by atoms with E-state index in [9.17, 15) is 25.0 Å². The van der Waals surface area contributed by atoms with E-state index in [1.165, 1.54) is 13.0 Å². The van der Waals surface area contributed by atoms with Crippen LogP contribution in [0.5, 0.6) is 0 Å². The Kier molecular flexibility index (Phi) is 4.79. The summed E-state index contributed by atoms with van der Waals surface area (Å²) in [6.45, 7) is 3.20. The number of ether oxygens (including phenoxy) is 1. The lowest BCUT2D eigenvalue weighted by molar-refractivity contribution is -0.394. The number of aromatic nitrogens is 2. The number of esters is 1. The predicted molar refractivity (Wildman–Crippen MR) is 82.6 cm³/mol. The van der Waals surface area contributed by atoms with Crippen molar-refractivity contribution in [3.8, 4) is 5.69 Å². The summed E-state index contributed by atoms with van der Waals surface area (Å²) < 4.78 is 5.98. The van der Waals surface area contributed by atoms with Crippen molar-refractivity contribution in [2.75, 3.05) is 6.61 Å². The van der Waals surface area contributed by atoms with Gasteiger partial charge >= 0.3 is 5.97 Å². The second kappa shape index (κ2) is 6.62. The highest BCUT2D eigenvalue weighted by Crippen LogP contribution is 2.32. The first-order valence-corrected chi connectivity index (χ1v) is 7.00. The zero-order valence-electron chi connectivity index (χ0n) is 12.6. The maximum atomic E-state index is 11.8. The van der Waals surface area contributed by atoms with Gasteiger partial charge in [0.1, 0.15) is 16.7 Å². The Morgan fingerprint density at radius 1 is 1.33 bits per heavy atom. The van der Waals surface area contributed by atoms with E-state index in [0.29, 0.717) is 0 Å². The summed E-state index contributed by atoms with van der Waals surface area (Å²) in [5, 5.41) is 21.9. The van der Waals surface area contributed by atoms with Gasteiger partial charge in [-0.15, -0.1) is 0 Å². The number of nitro benzene ring substituents is 2. The number of carbonyl (C=O) groups excluding carboxylic acids is 1. The summed E-state index contributed by atoms with van der Waals surface area (Å²) in [6.07, 6.45) is 0. The fraction of sp³-hybridized carbons (Fsp3) is 0.231. The maximum Gasteiger partial charge on any atom is 0.360 e. The van der Waals surface area contributed by atoms with E-state index in [2.05, 4.69) is 4.98 Å². The number of aryl methyl sites for hydroxylation is 1. The van der Waals surface area contributed by atoms with Crippen LogP contribution < -0.4 is 0 Å². The normalized spacial score (nSPS) is 10.5. The molecule has 10 nitrogen and oxygen atoms in total. The van der Waals surface area contributed by atoms with Crippen molar-refractivity contribution < 1.29 is 19.4 Å². The highest BCUT2D eigenvalue weighted by atomic mass is 35.5. The minimum Gasteiger partial charge on any atom is -0.461 e. The standard InChI is InChI=1S/C13H11ClN4O6/c1-3-24-13(19)11-12(14)16(7(2)15-11)9-5-4-8(17(20)21)6-10(9)18(22)23/h4-6H,3H2,1-2H3. The SMILES string of the molecule is CCOC(=O)c1nc(C)n(-c2ccc([N+](=O)[O-])cc2[N+](=O)[O-])c1Cl. The first kappa shape index (κ1) is 17.3. The zero-order valence-corrected chi connectivity index (χ0v) is 13.3. The molecule has 0 spiro atoms. The molecule has 126 valence electrons. The van der Waals surface area contributed by atoms with Crippen LogP contribution >= 0.6 is 11.6 Å². The maximum absolute atomic E-state index is 11.8. The van der Waals surface area contributed by atoms with Crippen LogP contribution in [0.25, 0.3) is 5.69 Å². The number of non-ortho nitro benzene ring substituents is 1. The van der Waals surface area contributed by atoms with E-state index in [0.717, 1.165) is 16.7 Å². The van der Waals surface area contributed by atoms with E-state index >= 15 is 0 Å². The van der Waals surface area contributed by atoms with Crippen molar-refractivity contribution in [1.29, 1.82) is 0 Å². The molecule has 0 bridgehead atoms. The Bertz CT molecular complexity index is 847. The molecule has 0 saturated heterocycles. The summed E-state index contributed by atoms with van der Waals surface area (Å²) in [5.74, 6) is -0.575. The highest BCUT2D eigenvalue weighted by Gasteiger charge is 2.27. The monoisotopic (exact) mass is 354 g/mol. The molecule has 24 heavy (non-hydrogen) atoms. The third kappa shape index (κ3) is 3.04. The summed E-state index contributed by atoms with van der Waals surface area (Å²) in [7, 11) is 0. The van der Waals surface area contributed by atoms with Gasteiger partial charge in [-0.1, -0.05) is 11.6 Å². The molecule has 0 N–H and O–H groups in total. The highest BCUT2D eigenvalue weighted by molar-refractivity contribution is 6.32. The fourth-order valence-corrected chi connectivity index (χ4v) is 2.41. The van der Waals surface area contributed by atoms with E-state index in [4.69, 9.17) is 16.3 Å². The van der Waals surface area contributed by atoms with E-state index in [1.54, 1.807) is 6.92 Å². The number of hydrogen-bond acceptors (Lipinski definition) is 7. The number of rotatable bonds is 5. The number of hydrogen-bond donors (Lipinski definition) is 0. The van der Waals surface area contributed by atoms with Gasteiger partial charge in [-0.05, 0) is 19.9 Å². The third-order valence-corrected chi connectivity index (χ3v) is 3.41. The predicted octanol–water partition coefficient (Wildman–Crippen LogP) is 2.83. The van der Waals surface area contributed by atoms with Crippen LogP contribution in [0, 0.1) is 27.2 Å². The van der Waals surface area contributed by atoms with Crippen LogP contribution in [0.4, 0.5) is 11.4 Å². The van der Waals surface area contributed by atoms with Crippen LogP contribution in [0.3, 0.4) is 0 Å². The molecule has 0 aliphatic carbocycles. The van der Waals surface area contributed by atoms with Crippen LogP contribution in [-0.2, 0) is 4.74 Å². The molecule has 2 rings (SSSR count). The zero-order chi connectivity index (χ0) is 18.0. The Morgan fingerprint density at radius 3 is 2.54 bits per heavy atom. The molecule has 0 saturated carbocycles. The average molecular weight is 355 g/mol. The van der Waals surface area contributed by atoms with Gasteiger partial charge in [-0.2, -0.15) is 0 Å². The molecule has 0 unspecified atom stereocenters. The van der Waals surface area contributed by atoms with Gasteiger partial charge in [0, 0.05) is 6.07 Å². The van der Waals surface area contributed by atoms with Gasteiger partial charge in [0.05, 0.1) is 22.5 Å². The van der Waals surface area contributed by atoms with Crippen molar-refractivity contribution in [3.05, 3.63) is 55.1 Å². The molecule has 1 aromatic heterocycles. The van der Waals surface area contributed by atoms with Crippen molar-refractivity contribution in [2.45, 2.75) is 13.8 Å². The molecule has 0 atom stereocenters. The van der Waals surface area contributed by atoms with Crippen LogP contribution in [-0.4, -0.2) is 32.0 Å². The van der Waals surface area contributed by atoms with E-state index in [1.807, 2.05) is 0 Å². The van der Waals surface area contributed by atoms with Gasteiger partial charge in [-0.3, -0.25) is 24.8 Å². The first-order chi connectivity index (χ1) is 11.3. The Balaban J connectivity index is 2.66. The summed E-state index contributed by atoms with van der Waals surface area (Å²) in [5.41, 5.74) is -1.22. The molecular weight excluding hydrogens is 344 g/mol. The molecular formula is C13H11ClN4O6. The summed E-state index contributed by atoms with van der Waals surface area (Å²) in [4.78, 5) is 36.3. The van der Waals surface area contributed by atoms with E-state index < -0.39 is 27.2 Å². The molecule has 0 radical (unpaired) electrons.